The van der Waals surface area contributed by atoms with Gasteiger partial charge in [-0.15, -0.1) is 0 Å². The van der Waals surface area contributed by atoms with Gasteiger partial charge >= 0.3 is 17.9 Å². The number of rotatable bonds is 7. The number of piperazine rings is 1. The summed E-state index contributed by atoms with van der Waals surface area (Å²) in [6, 6.07) is 9.91. The first-order chi connectivity index (χ1) is 16.2. The van der Waals surface area contributed by atoms with E-state index in [4.69, 9.17) is 29.0 Å². The van der Waals surface area contributed by atoms with Crippen LogP contribution in [0.1, 0.15) is 20.9 Å². The number of ether oxygens (including phenoxy) is 2. The van der Waals surface area contributed by atoms with E-state index in [2.05, 4.69) is 9.64 Å². The van der Waals surface area contributed by atoms with Gasteiger partial charge in [0.2, 0.25) is 0 Å². The van der Waals surface area contributed by atoms with Crippen molar-refractivity contribution >= 4 is 23.8 Å². The lowest BCUT2D eigenvalue weighted by Gasteiger charge is -2.35. The highest BCUT2D eigenvalue weighted by Gasteiger charge is 2.24. The van der Waals surface area contributed by atoms with Gasteiger partial charge in [0, 0.05) is 32.7 Å². The summed E-state index contributed by atoms with van der Waals surface area (Å²) in [4.78, 5) is 45.7. The number of carbonyl (C=O) groups is 4. The molecule has 1 saturated heterocycles. The van der Waals surface area contributed by atoms with E-state index in [9.17, 15) is 14.7 Å². The first-order valence-electron chi connectivity index (χ1n) is 10.2. The number of β-amino-alcohol motifs (C(OH)–C–C–N with tert-alkyl or cyclic N) is 1. The third kappa shape index (κ3) is 8.22. The Bertz CT molecular complexity index is 939. The van der Waals surface area contributed by atoms with Gasteiger partial charge in [0.15, 0.2) is 5.76 Å². The zero-order chi connectivity index (χ0) is 25.1. The number of esters is 1. The Hall–Kier alpha value is -3.90. The van der Waals surface area contributed by atoms with Crippen LogP contribution in [0.15, 0.2) is 47.1 Å². The number of carboxylic acids is 2. The number of aliphatic carboxylic acids is 2. The summed E-state index contributed by atoms with van der Waals surface area (Å²) in [5.74, 6) is -3.24. The van der Waals surface area contributed by atoms with E-state index in [1.807, 2.05) is 0 Å². The molecule has 1 unspecified atom stereocenters. The molecule has 34 heavy (non-hydrogen) atoms. The maximum Gasteiger partial charge on any atom is 0.414 e. The van der Waals surface area contributed by atoms with Crippen molar-refractivity contribution < 1.29 is 48.4 Å². The molecule has 3 rings (SSSR count). The summed E-state index contributed by atoms with van der Waals surface area (Å²) >= 11 is 0. The number of amides is 1. The molecule has 1 atom stereocenters. The SMILES string of the molecule is COC(=O)c1ccc(OCC(O)CN2CCN(C(=O)c3ccco3)CC2)cc1.O=C(O)C(=O)O. The van der Waals surface area contributed by atoms with Crippen molar-refractivity contribution in [1.82, 2.24) is 9.80 Å². The van der Waals surface area contributed by atoms with Crippen LogP contribution in [0.2, 0.25) is 0 Å². The molecule has 1 aliphatic rings. The molecule has 0 saturated carbocycles. The normalized spacial score (nSPS) is 14.4. The third-order valence-corrected chi connectivity index (χ3v) is 4.76. The largest absolute Gasteiger partial charge is 0.491 e. The average Bonchev–Trinajstić information content (AvgIpc) is 3.38. The van der Waals surface area contributed by atoms with E-state index in [0.717, 1.165) is 0 Å². The molecule has 184 valence electrons. The van der Waals surface area contributed by atoms with E-state index in [1.165, 1.54) is 13.4 Å². The Balaban J connectivity index is 0.000000604. The van der Waals surface area contributed by atoms with Crippen LogP contribution in [0.3, 0.4) is 0 Å². The maximum atomic E-state index is 12.2. The monoisotopic (exact) mass is 478 g/mol. The summed E-state index contributed by atoms with van der Waals surface area (Å²) in [5, 5.41) is 25.0. The van der Waals surface area contributed by atoms with E-state index in [1.54, 1.807) is 41.3 Å². The molecule has 1 fully saturated rings. The molecule has 1 amide bonds. The predicted molar refractivity (Wildman–Crippen MR) is 116 cm³/mol. The van der Waals surface area contributed by atoms with Gasteiger partial charge in [-0.25, -0.2) is 14.4 Å². The number of aliphatic hydroxyl groups is 1. The molecule has 1 aromatic heterocycles. The van der Waals surface area contributed by atoms with Crippen molar-refractivity contribution in [2.45, 2.75) is 6.10 Å². The number of carbonyl (C=O) groups excluding carboxylic acids is 2. The van der Waals surface area contributed by atoms with Gasteiger partial charge in [-0.2, -0.15) is 0 Å². The van der Waals surface area contributed by atoms with Gasteiger partial charge in [-0.3, -0.25) is 9.69 Å². The molecule has 3 N–H and O–H groups in total. The molecule has 12 nitrogen and oxygen atoms in total. The molecular weight excluding hydrogens is 452 g/mol. The lowest BCUT2D eigenvalue weighted by molar-refractivity contribution is -0.159. The van der Waals surface area contributed by atoms with Crippen molar-refractivity contribution in [3.63, 3.8) is 0 Å². The van der Waals surface area contributed by atoms with Crippen LogP contribution < -0.4 is 4.74 Å². The Morgan fingerprint density at radius 1 is 1.00 bits per heavy atom. The number of aliphatic hydroxyl groups excluding tert-OH is 1. The zero-order valence-electron chi connectivity index (χ0n) is 18.5. The van der Waals surface area contributed by atoms with Gasteiger partial charge in [0.25, 0.3) is 5.91 Å². The third-order valence-electron chi connectivity index (χ3n) is 4.76. The highest BCUT2D eigenvalue weighted by Crippen LogP contribution is 2.14. The second-order valence-corrected chi connectivity index (χ2v) is 7.16. The minimum Gasteiger partial charge on any atom is -0.491 e. The standard InChI is InChI=1S/C20H24N2O6.C2H2O4/c1-26-20(25)15-4-6-17(7-5-15)28-14-16(23)13-21-8-10-22(11-9-21)19(24)18-3-2-12-27-18;3-1(4)2(5)6/h2-7,12,16,23H,8-11,13-14H2,1H3;(H,3,4)(H,5,6). The van der Waals surface area contributed by atoms with Crippen LogP contribution in [0.25, 0.3) is 0 Å². The zero-order valence-corrected chi connectivity index (χ0v) is 18.5. The Morgan fingerprint density at radius 2 is 1.62 bits per heavy atom. The molecule has 0 bridgehead atoms. The second kappa shape index (κ2) is 13.0. The van der Waals surface area contributed by atoms with E-state index in [0.29, 0.717) is 49.8 Å². The topological polar surface area (TPSA) is 167 Å². The van der Waals surface area contributed by atoms with Gasteiger partial charge in [-0.05, 0) is 36.4 Å². The molecule has 0 radical (unpaired) electrons. The highest BCUT2D eigenvalue weighted by molar-refractivity contribution is 6.27. The van der Waals surface area contributed by atoms with Crippen LogP contribution in [0.4, 0.5) is 0 Å². The summed E-state index contributed by atoms with van der Waals surface area (Å²) in [5.41, 5.74) is 0.442. The summed E-state index contributed by atoms with van der Waals surface area (Å²) in [7, 11) is 1.33. The quantitative estimate of drug-likeness (QED) is 0.373. The van der Waals surface area contributed by atoms with Crippen LogP contribution in [0, 0.1) is 0 Å². The first-order valence-corrected chi connectivity index (χ1v) is 10.2. The Kier molecular flexibility index (Phi) is 10.0. The molecular formula is C22H26N2O10. The van der Waals surface area contributed by atoms with Gasteiger partial charge in [-0.1, -0.05) is 0 Å². The summed E-state index contributed by atoms with van der Waals surface area (Å²) < 4.78 is 15.4. The molecule has 12 heteroatoms. The van der Waals surface area contributed by atoms with Crippen LogP contribution in [-0.4, -0.2) is 101 Å². The highest BCUT2D eigenvalue weighted by atomic mass is 16.5. The van der Waals surface area contributed by atoms with Crippen molar-refractivity contribution in [3.05, 3.63) is 54.0 Å². The van der Waals surface area contributed by atoms with E-state index < -0.39 is 24.0 Å². The van der Waals surface area contributed by atoms with Gasteiger partial charge in [0.1, 0.15) is 18.5 Å². The molecule has 2 heterocycles. The van der Waals surface area contributed by atoms with E-state index >= 15 is 0 Å². The van der Waals surface area contributed by atoms with Crippen molar-refractivity contribution in [1.29, 1.82) is 0 Å². The number of methoxy groups -OCH3 is 1. The molecule has 0 spiro atoms. The Morgan fingerprint density at radius 3 is 2.12 bits per heavy atom. The molecule has 2 aromatic rings. The summed E-state index contributed by atoms with van der Waals surface area (Å²) in [6.45, 7) is 3.13. The number of furan rings is 1. The average molecular weight is 478 g/mol. The fourth-order valence-electron chi connectivity index (χ4n) is 3.04. The van der Waals surface area contributed by atoms with Crippen LogP contribution in [0.5, 0.6) is 5.75 Å². The number of hydrogen-bond donors (Lipinski definition) is 3. The fraction of sp³-hybridized carbons (Fsp3) is 0.364. The van der Waals surface area contributed by atoms with Crippen LogP contribution in [-0.2, 0) is 14.3 Å². The number of benzene rings is 1. The number of nitrogens with zero attached hydrogens (tertiary/aromatic N) is 2. The first kappa shape index (κ1) is 26.4. The predicted octanol–water partition coefficient (Wildman–Crippen LogP) is 0.420. The minimum atomic E-state index is -1.82. The Labute approximate surface area is 194 Å². The smallest absolute Gasteiger partial charge is 0.414 e. The van der Waals surface area contributed by atoms with E-state index in [-0.39, 0.29) is 12.5 Å². The van der Waals surface area contributed by atoms with Crippen molar-refractivity contribution in [2.24, 2.45) is 0 Å². The van der Waals surface area contributed by atoms with Crippen molar-refractivity contribution in [2.75, 3.05) is 46.4 Å². The van der Waals surface area contributed by atoms with Gasteiger partial charge in [0.05, 0.1) is 18.9 Å². The van der Waals surface area contributed by atoms with Crippen LogP contribution >= 0.6 is 0 Å². The second-order valence-electron chi connectivity index (χ2n) is 7.16. The minimum absolute atomic E-state index is 0.107. The summed E-state index contributed by atoms with van der Waals surface area (Å²) in [6.07, 6.45) is 0.829. The molecule has 0 aliphatic carbocycles. The number of carboxylic acid groups (broad SMARTS) is 2. The maximum absolute atomic E-state index is 12.2. The lowest BCUT2D eigenvalue weighted by atomic mass is 10.2. The molecule has 1 aromatic carbocycles. The lowest BCUT2D eigenvalue weighted by Crippen LogP contribution is -2.50. The van der Waals surface area contributed by atoms with Gasteiger partial charge < -0.3 is 34.1 Å². The molecule has 1 aliphatic heterocycles. The fourth-order valence-corrected chi connectivity index (χ4v) is 3.04. The van der Waals surface area contributed by atoms with Crippen molar-refractivity contribution in [3.8, 4) is 5.75 Å². The number of hydrogen-bond acceptors (Lipinski definition) is 9.